The fourth-order valence-electron chi connectivity index (χ4n) is 1.76. The van der Waals surface area contributed by atoms with Crippen molar-refractivity contribution in [3.63, 3.8) is 0 Å². The molecule has 1 aromatic carbocycles. The number of hydrogen-bond acceptors (Lipinski definition) is 3. The van der Waals surface area contributed by atoms with E-state index in [2.05, 4.69) is 41.6 Å². The summed E-state index contributed by atoms with van der Waals surface area (Å²) < 4.78 is 0. The van der Waals surface area contributed by atoms with Gasteiger partial charge in [-0.05, 0) is 48.6 Å². The van der Waals surface area contributed by atoms with Crippen molar-refractivity contribution in [2.24, 2.45) is 0 Å². The largest absolute Gasteiger partial charge is 0.399 e. The number of anilines is 2. The Morgan fingerprint density at radius 2 is 2.12 bits per heavy atom. The summed E-state index contributed by atoms with van der Waals surface area (Å²) in [5.74, 6) is 0. The number of nitrogens with two attached hydrogens (primary N) is 1. The third-order valence-electron chi connectivity index (χ3n) is 2.97. The molecule has 0 spiro atoms. The molecular formula is C14H18N2S. The molecular weight excluding hydrogens is 228 g/mol. The number of likely N-dealkylation sites (N-methyl/N-ethyl adjacent to an activating group) is 1. The number of rotatable bonds is 4. The van der Waals surface area contributed by atoms with Crippen molar-refractivity contribution in [1.82, 2.24) is 0 Å². The Labute approximate surface area is 107 Å². The molecule has 0 radical (unpaired) electrons. The standard InChI is InChI=1S/C14H18N2S/c1-11-10-12(5-6-14(11)15)16(2)8-7-13-4-3-9-17-13/h3-6,9-10H,7-8,15H2,1-2H3. The van der Waals surface area contributed by atoms with E-state index in [4.69, 9.17) is 5.73 Å². The summed E-state index contributed by atoms with van der Waals surface area (Å²) in [5, 5.41) is 2.13. The second-order valence-corrected chi connectivity index (χ2v) is 5.32. The fraction of sp³-hybridized carbons (Fsp3) is 0.286. The van der Waals surface area contributed by atoms with E-state index in [-0.39, 0.29) is 0 Å². The highest BCUT2D eigenvalue weighted by molar-refractivity contribution is 7.09. The summed E-state index contributed by atoms with van der Waals surface area (Å²) in [4.78, 5) is 3.70. The molecule has 3 heteroatoms. The van der Waals surface area contributed by atoms with E-state index < -0.39 is 0 Å². The maximum Gasteiger partial charge on any atom is 0.0367 e. The van der Waals surface area contributed by atoms with Crippen LogP contribution in [0.1, 0.15) is 10.4 Å². The Balaban J connectivity index is 1.99. The van der Waals surface area contributed by atoms with Gasteiger partial charge in [-0.3, -0.25) is 0 Å². The molecule has 0 amide bonds. The number of benzene rings is 1. The monoisotopic (exact) mass is 246 g/mol. The maximum absolute atomic E-state index is 5.82. The van der Waals surface area contributed by atoms with Crippen LogP contribution in [0.15, 0.2) is 35.7 Å². The van der Waals surface area contributed by atoms with E-state index in [9.17, 15) is 0 Å². The first kappa shape index (κ1) is 12.0. The number of nitrogen functional groups attached to an aromatic ring is 1. The topological polar surface area (TPSA) is 29.3 Å². The van der Waals surface area contributed by atoms with Gasteiger partial charge in [0, 0.05) is 29.8 Å². The summed E-state index contributed by atoms with van der Waals surface area (Å²) in [6.07, 6.45) is 1.09. The minimum absolute atomic E-state index is 0.861. The third-order valence-corrected chi connectivity index (χ3v) is 3.90. The van der Waals surface area contributed by atoms with E-state index in [1.807, 2.05) is 24.3 Å². The second-order valence-electron chi connectivity index (χ2n) is 4.29. The van der Waals surface area contributed by atoms with E-state index in [0.29, 0.717) is 0 Å². The first-order chi connectivity index (χ1) is 8.16. The predicted molar refractivity (Wildman–Crippen MR) is 76.9 cm³/mol. The van der Waals surface area contributed by atoms with Gasteiger partial charge in [-0.15, -0.1) is 11.3 Å². The van der Waals surface area contributed by atoms with Gasteiger partial charge >= 0.3 is 0 Å². The van der Waals surface area contributed by atoms with Gasteiger partial charge in [0.2, 0.25) is 0 Å². The lowest BCUT2D eigenvalue weighted by molar-refractivity contribution is 0.887. The highest BCUT2D eigenvalue weighted by atomic mass is 32.1. The highest BCUT2D eigenvalue weighted by Crippen LogP contribution is 2.20. The predicted octanol–water partition coefficient (Wildman–Crippen LogP) is 3.32. The van der Waals surface area contributed by atoms with Crippen LogP contribution < -0.4 is 10.6 Å². The molecule has 1 heterocycles. The summed E-state index contributed by atoms with van der Waals surface area (Å²) in [6.45, 7) is 3.08. The van der Waals surface area contributed by atoms with Crippen LogP contribution in [0, 0.1) is 6.92 Å². The van der Waals surface area contributed by atoms with Crippen molar-refractivity contribution in [1.29, 1.82) is 0 Å². The normalized spacial score (nSPS) is 10.5. The van der Waals surface area contributed by atoms with Gasteiger partial charge in [0.1, 0.15) is 0 Å². The van der Waals surface area contributed by atoms with Gasteiger partial charge in [0.25, 0.3) is 0 Å². The van der Waals surface area contributed by atoms with Crippen LogP contribution >= 0.6 is 11.3 Å². The molecule has 0 unspecified atom stereocenters. The van der Waals surface area contributed by atoms with Crippen molar-refractivity contribution in [3.05, 3.63) is 46.2 Å². The summed E-state index contributed by atoms with van der Waals surface area (Å²) in [6, 6.07) is 10.5. The van der Waals surface area contributed by atoms with E-state index in [0.717, 1.165) is 24.2 Å². The smallest absolute Gasteiger partial charge is 0.0367 e. The zero-order chi connectivity index (χ0) is 12.3. The zero-order valence-electron chi connectivity index (χ0n) is 10.3. The molecule has 0 bridgehead atoms. The van der Waals surface area contributed by atoms with Crippen molar-refractivity contribution in [2.45, 2.75) is 13.3 Å². The first-order valence-corrected chi connectivity index (χ1v) is 6.64. The van der Waals surface area contributed by atoms with Crippen LogP contribution in [-0.2, 0) is 6.42 Å². The Morgan fingerprint density at radius 1 is 1.29 bits per heavy atom. The van der Waals surface area contributed by atoms with Crippen LogP contribution in [0.4, 0.5) is 11.4 Å². The molecule has 2 N–H and O–H groups in total. The summed E-state index contributed by atoms with van der Waals surface area (Å²) in [7, 11) is 2.12. The maximum atomic E-state index is 5.82. The second kappa shape index (κ2) is 5.23. The average Bonchev–Trinajstić information content (AvgIpc) is 2.82. The van der Waals surface area contributed by atoms with Crippen LogP contribution in [0.5, 0.6) is 0 Å². The minimum Gasteiger partial charge on any atom is -0.399 e. The molecule has 1 aromatic heterocycles. The lowest BCUT2D eigenvalue weighted by atomic mass is 10.1. The molecule has 0 saturated carbocycles. The number of thiophene rings is 1. The summed E-state index contributed by atoms with van der Waals surface area (Å²) in [5.41, 5.74) is 9.06. The molecule has 90 valence electrons. The van der Waals surface area contributed by atoms with Gasteiger partial charge in [0.05, 0.1) is 0 Å². The van der Waals surface area contributed by atoms with E-state index >= 15 is 0 Å². The third kappa shape index (κ3) is 3.01. The Kier molecular flexibility index (Phi) is 3.69. The van der Waals surface area contributed by atoms with Gasteiger partial charge in [-0.25, -0.2) is 0 Å². The fourth-order valence-corrected chi connectivity index (χ4v) is 2.46. The van der Waals surface area contributed by atoms with E-state index in [1.165, 1.54) is 10.6 Å². The number of nitrogens with zero attached hydrogens (tertiary/aromatic N) is 1. The Morgan fingerprint density at radius 3 is 2.76 bits per heavy atom. The lowest BCUT2D eigenvalue weighted by Crippen LogP contribution is -2.20. The SMILES string of the molecule is Cc1cc(N(C)CCc2cccs2)ccc1N. The molecule has 2 aromatic rings. The number of hydrogen-bond donors (Lipinski definition) is 1. The van der Waals surface area contributed by atoms with Gasteiger partial charge in [0.15, 0.2) is 0 Å². The molecule has 2 nitrogen and oxygen atoms in total. The molecule has 0 aliphatic rings. The first-order valence-electron chi connectivity index (χ1n) is 5.76. The van der Waals surface area contributed by atoms with E-state index in [1.54, 1.807) is 0 Å². The Bertz CT molecular complexity index is 477. The van der Waals surface area contributed by atoms with Crippen LogP contribution in [0.25, 0.3) is 0 Å². The minimum atomic E-state index is 0.861. The van der Waals surface area contributed by atoms with Crippen molar-refractivity contribution in [2.75, 3.05) is 24.2 Å². The molecule has 0 aliphatic heterocycles. The van der Waals surface area contributed by atoms with Crippen molar-refractivity contribution < 1.29 is 0 Å². The zero-order valence-corrected chi connectivity index (χ0v) is 11.1. The quantitative estimate of drug-likeness (QED) is 0.839. The van der Waals surface area contributed by atoms with Gasteiger partial charge in [-0.2, -0.15) is 0 Å². The Hall–Kier alpha value is -1.48. The molecule has 17 heavy (non-hydrogen) atoms. The molecule has 0 atom stereocenters. The molecule has 0 saturated heterocycles. The van der Waals surface area contributed by atoms with Gasteiger partial charge < -0.3 is 10.6 Å². The summed E-state index contributed by atoms with van der Waals surface area (Å²) >= 11 is 1.82. The van der Waals surface area contributed by atoms with Crippen LogP contribution in [0.3, 0.4) is 0 Å². The molecule has 0 aliphatic carbocycles. The van der Waals surface area contributed by atoms with Crippen LogP contribution in [0.2, 0.25) is 0 Å². The average molecular weight is 246 g/mol. The van der Waals surface area contributed by atoms with Gasteiger partial charge in [-0.1, -0.05) is 6.07 Å². The molecule has 2 rings (SSSR count). The lowest BCUT2D eigenvalue weighted by Gasteiger charge is -2.19. The van der Waals surface area contributed by atoms with Crippen molar-refractivity contribution in [3.8, 4) is 0 Å². The van der Waals surface area contributed by atoms with Crippen molar-refractivity contribution >= 4 is 22.7 Å². The molecule has 0 fully saturated rings. The highest BCUT2D eigenvalue weighted by Gasteiger charge is 2.03. The van der Waals surface area contributed by atoms with Crippen LogP contribution in [-0.4, -0.2) is 13.6 Å². The number of aryl methyl sites for hydroxylation is 1.